The summed E-state index contributed by atoms with van der Waals surface area (Å²) in [6.45, 7) is 3.71. The van der Waals surface area contributed by atoms with Crippen LogP contribution in [0.1, 0.15) is 11.1 Å². The van der Waals surface area contributed by atoms with E-state index in [-0.39, 0.29) is 4.90 Å². The van der Waals surface area contributed by atoms with Crippen LogP contribution in [0.5, 0.6) is 0 Å². The molecule has 0 amide bonds. The Labute approximate surface area is 127 Å². The number of halogens is 1. The Bertz CT molecular complexity index is 758. The Balaban J connectivity index is 2.35. The van der Waals surface area contributed by atoms with Crippen molar-refractivity contribution < 1.29 is 8.42 Å². The fraction of sp³-hybridized carbons (Fsp3) is 0.143. The normalized spacial score (nSPS) is 11.3. The fourth-order valence-electron chi connectivity index (χ4n) is 1.69. The lowest BCUT2D eigenvalue weighted by Gasteiger charge is -2.10. The van der Waals surface area contributed by atoms with Gasteiger partial charge in [0, 0.05) is 15.8 Å². The van der Waals surface area contributed by atoms with Gasteiger partial charge in [-0.15, -0.1) is 0 Å². The van der Waals surface area contributed by atoms with Crippen LogP contribution in [0.15, 0.2) is 45.8 Å². The minimum Gasteiger partial charge on any atom is -0.399 e. The summed E-state index contributed by atoms with van der Waals surface area (Å²) in [4.78, 5) is 0.195. The van der Waals surface area contributed by atoms with Crippen molar-refractivity contribution in [3.05, 3.63) is 52.0 Å². The van der Waals surface area contributed by atoms with Crippen molar-refractivity contribution in [3.63, 3.8) is 0 Å². The molecule has 4 nitrogen and oxygen atoms in total. The molecule has 0 fully saturated rings. The van der Waals surface area contributed by atoms with Crippen molar-refractivity contribution in [1.29, 1.82) is 0 Å². The first-order chi connectivity index (χ1) is 9.29. The fourth-order valence-corrected chi connectivity index (χ4v) is 3.20. The minimum atomic E-state index is -3.61. The monoisotopic (exact) mass is 354 g/mol. The average molecular weight is 355 g/mol. The van der Waals surface area contributed by atoms with Gasteiger partial charge in [0.1, 0.15) is 0 Å². The van der Waals surface area contributed by atoms with E-state index in [0.29, 0.717) is 11.4 Å². The van der Waals surface area contributed by atoms with Crippen LogP contribution >= 0.6 is 15.9 Å². The third kappa shape index (κ3) is 3.13. The molecule has 0 aliphatic rings. The van der Waals surface area contributed by atoms with Crippen molar-refractivity contribution in [2.24, 2.45) is 0 Å². The van der Waals surface area contributed by atoms with Crippen molar-refractivity contribution in [2.75, 3.05) is 10.5 Å². The number of benzene rings is 2. The molecule has 106 valence electrons. The van der Waals surface area contributed by atoms with Crippen molar-refractivity contribution >= 4 is 37.3 Å². The van der Waals surface area contributed by atoms with Crippen molar-refractivity contribution in [3.8, 4) is 0 Å². The predicted octanol–water partition coefficient (Wildman–Crippen LogP) is 3.45. The smallest absolute Gasteiger partial charge is 0.261 e. The second kappa shape index (κ2) is 5.46. The SMILES string of the molecule is Cc1cc(S(=O)(=O)Nc2ccc(C)c(Br)c2)ccc1N. The molecule has 0 saturated carbocycles. The molecule has 0 aliphatic carbocycles. The molecule has 6 heteroatoms. The molecule has 0 saturated heterocycles. The minimum absolute atomic E-state index is 0.195. The van der Waals surface area contributed by atoms with Gasteiger partial charge in [0.05, 0.1) is 4.90 Å². The molecule has 0 heterocycles. The van der Waals surface area contributed by atoms with Crippen LogP contribution in [0.3, 0.4) is 0 Å². The Morgan fingerprint density at radius 2 is 1.75 bits per heavy atom. The number of nitrogen functional groups attached to an aromatic ring is 1. The van der Waals surface area contributed by atoms with Crippen LogP contribution in [0.25, 0.3) is 0 Å². The highest BCUT2D eigenvalue weighted by molar-refractivity contribution is 9.10. The van der Waals surface area contributed by atoms with Gasteiger partial charge in [-0.3, -0.25) is 4.72 Å². The molecule has 20 heavy (non-hydrogen) atoms. The van der Waals surface area contributed by atoms with E-state index >= 15 is 0 Å². The van der Waals surface area contributed by atoms with Gasteiger partial charge in [-0.05, 0) is 55.3 Å². The van der Waals surface area contributed by atoms with Crippen LogP contribution in [0, 0.1) is 13.8 Å². The molecule has 0 atom stereocenters. The van der Waals surface area contributed by atoms with Gasteiger partial charge in [0.2, 0.25) is 0 Å². The van der Waals surface area contributed by atoms with Crippen molar-refractivity contribution in [1.82, 2.24) is 0 Å². The zero-order chi connectivity index (χ0) is 14.9. The standard InChI is InChI=1S/C14H15BrN2O2S/c1-9-3-4-11(8-13(9)15)17-20(18,19)12-5-6-14(16)10(2)7-12/h3-8,17H,16H2,1-2H3. The lowest BCUT2D eigenvalue weighted by atomic mass is 10.2. The Morgan fingerprint density at radius 1 is 1.05 bits per heavy atom. The molecular formula is C14H15BrN2O2S. The van der Waals surface area contributed by atoms with Crippen LogP contribution in [0.4, 0.5) is 11.4 Å². The molecule has 0 spiro atoms. The first-order valence-corrected chi connectivity index (χ1v) is 8.22. The third-order valence-corrected chi connectivity index (χ3v) is 5.21. The number of hydrogen-bond donors (Lipinski definition) is 2. The predicted molar refractivity (Wildman–Crippen MR) is 85.3 cm³/mol. The Kier molecular flexibility index (Phi) is 4.06. The van der Waals surface area contributed by atoms with Crippen LogP contribution < -0.4 is 10.5 Å². The maximum Gasteiger partial charge on any atom is 0.261 e. The molecule has 2 aromatic carbocycles. The van der Waals surface area contributed by atoms with Crippen LogP contribution in [0.2, 0.25) is 0 Å². The van der Waals surface area contributed by atoms with E-state index in [1.807, 2.05) is 13.0 Å². The highest BCUT2D eigenvalue weighted by Crippen LogP contribution is 2.24. The quantitative estimate of drug-likeness (QED) is 0.829. The Morgan fingerprint density at radius 3 is 2.35 bits per heavy atom. The second-order valence-electron chi connectivity index (χ2n) is 4.59. The summed E-state index contributed by atoms with van der Waals surface area (Å²) in [5, 5.41) is 0. The van der Waals surface area contributed by atoms with E-state index < -0.39 is 10.0 Å². The van der Waals surface area contributed by atoms with Crippen molar-refractivity contribution in [2.45, 2.75) is 18.7 Å². The summed E-state index contributed by atoms with van der Waals surface area (Å²) in [5.74, 6) is 0. The molecule has 0 unspecified atom stereocenters. The number of hydrogen-bond acceptors (Lipinski definition) is 3. The zero-order valence-corrected chi connectivity index (χ0v) is 13.5. The number of nitrogens with two attached hydrogens (primary N) is 1. The summed E-state index contributed by atoms with van der Waals surface area (Å²) in [7, 11) is -3.61. The number of anilines is 2. The number of aryl methyl sites for hydroxylation is 2. The lowest BCUT2D eigenvalue weighted by molar-refractivity contribution is 0.601. The largest absolute Gasteiger partial charge is 0.399 e. The lowest BCUT2D eigenvalue weighted by Crippen LogP contribution is -2.13. The molecule has 2 rings (SSSR count). The highest BCUT2D eigenvalue weighted by atomic mass is 79.9. The van der Waals surface area contributed by atoms with E-state index in [0.717, 1.165) is 15.6 Å². The molecule has 3 N–H and O–H groups in total. The molecule has 0 bridgehead atoms. The summed E-state index contributed by atoms with van der Waals surface area (Å²) in [6, 6.07) is 9.94. The maximum absolute atomic E-state index is 12.3. The topological polar surface area (TPSA) is 72.2 Å². The van der Waals surface area contributed by atoms with Gasteiger partial charge in [0.25, 0.3) is 10.0 Å². The molecule has 2 aromatic rings. The zero-order valence-electron chi connectivity index (χ0n) is 11.1. The first kappa shape index (κ1) is 14.9. The van der Waals surface area contributed by atoms with Gasteiger partial charge >= 0.3 is 0 Å². The molecule has 0 aromatic heterocycles. The average Bonchev–Trinajstić information content (AvgIpc) is 2.37. The van der Waals surface area contributed by atoms with Crippen LogP contribution in [-0.2, 0) is 10.0 Å². The number of nitrogens with one attached hydrogen (secondary N) is 1. The van der Waals surface area contributed by atoms with Gasteiger partial charge in [-0.1, -0.05) is 22.0 Å². The molecule has 0 aliphatic heterocycles. The van der Waals surface area contributed by atoms with E-state index in [1.54, 1.807) is 31.2 Å². The van der Waals surface area contributed by atoms with Gasteiger partial charge in [-0.25, -0.2) is 8.42 Å². The highest BCUT2D eigenvalue weighted by Gasteiger charge is 2.15. The molecular weight excluding hydrogens is 340 g/mol. The van der Waals surface area contributed by atoms with E-state index in [9.17, 15) is 8.42 Å². The summed E-state index contributed by atoms with van der Waals surface area (Å²) in [6.07, 6.45) is 0. The van der Waals surface area contributed by atoms with Gasteiger partial charge in [0.15, 0.2) is 0 Å². The summed E-state index contributed by atoms with van der Waals surface area (Å²) < 4.78 is 28.0. The van der Waals surface area contributed by atoms with Gasteiger partial charge in [-0.2, -0.15) is 0 Å². The summed E-state index contributed by atoms with van der Waals surface area (Å²) in [5.41, 5.74) is 8.55. The van der Waals surface area contributed by atoms with Crippen LogP contribution in [-0.4, -0.2) is 8.42 Å². The Hall–Kier alpha value is -1.53. The first-order valence-electron chi connectivity index (χ1n) is 5.95. The number of rotatable bonds is 3. The second-order valence-corrected chi connectivity index (χ2v) is 7.12. The van der Waals surface area contributed by atoms with E-state index in [4.69, 9.17) is 5.73 Å². The van der Waals surface area contributed by atoms with E-state index in [1.165, 1.54) is 6.07 Å². The molecule has 0 radical (unpaired) electrons. The van der Waals surface area contributed by atoms with E-state index in [2.05, 4.69) is 20.7 Å². The maximum atomic E-state index is 12.3. The summed E-state index contributed by atoms with van der Waals surface area (Å²) >= 11 is 3.38. The third-order valence-electron chi connectivity index (χ3n) is 2.98. The van der Waals surface area contributed by atoms with Gasteiger partial charge < -0.3 is 5.73 Å². The number of sulfonamides is 1.